The van der Waals surface area contributed by atoms with E-state index in [1.807, 2.05) is 17.5 Å². The molecule has 0 fully saturated rings. The molecule has 3 heterocycles. The van der Waals surface area contributed by atoms with Crippen LogP contribution < -0.4 is 5.43 Å². The molecule has 0 aliphatic carbocycles. The van der Waals surface area contributed by atoms with E-state index in [2.05, 4.69) is 20.9 Å². The number of carboxylic acids is 1. The highest BCUT2D eigenvalue weighted by Gasteiger charge is 2.20. The lowest BCUT2D eigenvalue weighted by atomic mass is 10.1. The van der Waals surface area contributed by atoms with Crippen LogP contribution in [0.5, 0.6) is 0 Å². The number of carboxylic acid groups (broad SMARTS) is 1. The number of hydrogen-bond donors (Lipinski definition) is 2. The molecule has 7 heteroatoms. The van der Waals surface area contributed by atoms with Gasteiger partial charge in [0.25, 0.3) is 0 Å². The van der Waals surface area contributed by atoms with Gasteiger partial charge in [-0.1, -0.05) is 22.0 Å². The van der Waals surface area contributed by atoms with Crippen LogP contribution in [0, 0.1) is 0 Å². The molecule has 5 nitrogen and oxygen atoms in total. The molecule has 1 aromatic carbocycles. The van der Waals surface area contributed by atoms with Gasteiger partial charge >= 0.3 is 5.97 Å². The highest BCUT2D eigenvalue weighted by atomic mass is 79.9. The minimum absolute atomic E-state index is 0.0401. The average Bonchev–Trinajstić information content (AvgIpc) is 3.21. The number of aromatic amines is 1. The third-order valence-corrected chi connectivity index (χ3v) is 5.39. The van der Waals surface area contributed by atoms with E-state index in [1.54, 1.807) is 18.2 Å². The third kappa shape index (κ3) is 2.79. The fourth-order valence-corrected chi connectivity index (χ4v) is 3.98. The van der Waals surface area contributed by atoms with Crippen LogP contribution in [0.3, 0.4) is 0 Å². The smallest absolute Gasteiger partial charge is 0.303 e. The largest absolute Gasteiger partial charge is 0.481 e. The first kappa shape index (κ1) is 16.1. The number of aliphatic carboxylic acids is 1. The Labute approximate surface area is 154 Å². The second-order valence-electron chi connectivity index (χ2n) is 5.63. The van der Waals surface area contributed by atoms with Gasteiger partial charge in [-0.3, -0.25) is 9.59 Å². The molecule has 4 rings (SSSR count). The highest BCUT2D eigenvalue weighted by molar-refractivity contribution is 9.10. The average molecular weight is 418 g/mol. The Hall–Kier alpha value is -2.38. The van der Waals surface area contributed by atoms with Crippen molar-refractivity contribution < 1.29 is 14.3 Å². The summed E-state index contributed by atoms with van der Waals surface area (Å²) in [6, 6.07) is 9.10. The van der Waals surface area contributed by atoms with E-state index < -0.39 is 5.97 Å². The standard InChI is InChI=1S/C18H12BrNO4S/c19-9-3-5-12-10(8-9)17(23)15-16(13-2-1-7-25-13)20-11(18(15)24-12)4-6-14(21)22/h1-3,5,7-8,20H,4,6H2,(H,21,22). The first-order valence-electron chi connectivity index (χ1n) is 7.57. The number of benzene rings is 1. The second kappa shape index (κ2) is 6.16. The van der Waals surface area contributed by atoms with Gasteiger partial charge in [0.2, 0.25) is 5.43 Å². The lowest BCUT2D eigenvalue weighted by Gasteiger charge is -2.01. The fourth-order valence-electron chi connectivity index (χ4n) is 2.89. The predicted molar refractivity (Wildman–Crippen MR) is 101 cm³/mol. The molecule has 0 bridgehead atoms. The molecule has 0 unspecified atom stereocenters. The molecule has 0 aliphatic rings. The molecule has 0 amide bonds. The summed E-state index contributed by atoms with van der Waals surface area (Å²) in [5.41, 5.74) is 2.10. The first-order valence-corrected chi connectivity index (χ1v) is 9.24. The number of carbonyl (C=O) groups is 1. The third-order valence-electron chi connectivity index (χ3n) is 4.01. The minimum atomic E-state index is -0.896. The molecule has 0 radical (unpaired) electrons. The fraction of sp³-hybridized carbons (Fsp3) is 0.111. The van der Waals surface area contributed by atoms with Crippen LogP contribution in [-0.2, 0) is 11.2 Å². The Balaban J connectivity index is 2.06. The van der Waals surface area contributed by atoms with Crippen LogP contribution in [0.2, 0.25) is 0 Å². The van der Waals surface area contributed by atoms with Gasteiger partial charge in [-0.15, -0.1) is 11.3 Å². The van der Waals surface area contributed by atoms with E-state index >= 15 is 0 Å². The summed E-state index contributed by atoms with van der Waals surface area (Å²) >= 11 is 4.89. The molecule has 3 aromatic heterocycles. The molecule has 2 N–H and O–H groups in total. The van der Waals surface area contributed by atoms with Gasteiger partial charge in [0.05, 0.1) is 33.5 Å². The van der Waals surface area contributed by atoms with Crippen molar-refractivity contribution in [3.63, 3.8) is 0 Å². The molecular weight excluding hydrogens is 406 g/mol. The van der Waals surface area contributed by atoms with Crippen LogP contribution in [0.15, 0.2) is 49.4 Å². The van der Waals surface area contributed by atoms with Crippen LogP contribution in [0.4, 0.5) is 0 Å². The SMILES string of the molecule is O=C(O)CCc1[nH]c(-c2cccs2)c2c(=O)c3cc(Br)ccc3oc12. The molecule has 0 atom stereocenters. The van der Waals surface area contributed by atoms with Crippen LogP contribution >= 0.6 is 27.3 Å². The Morgan fingerprint density at radius 2 is 2.16 bits per heavy atom. The van der Waals surface area contributed by atoms with Crippen molar-refractivity contribution in [2.45, 2.75) is 12.8 Å². The Kier molecular flexibility index (Phi) is 3.97. The highest BCUT2D eigenvalue weighted by Crippen LogP contribution is 2.34. The maximum Gasteiger partial charge on any atom is 0.303 e. The van der Waals surface area contributed by atoms with Crippen molar-refractivity contribution in [2.75, 3.05) is 0 Å². The minimum Gasteiger partial charge on any atom is -0.481 e. The second-order valence-corrected chi connectivity index (χ2v) is 7.49. The summed E-state index contributed by atoms with van der Waals surface area (Å²) in [6.45, 7) is 0. The maximum atomic E-state index is 13.1. The topological polar surface area (TPSA) is 83.3 Å². The predicted octanol–water partition coefficient (Wildman–Crippen LogP) is 4.78. The zero-order valence-corrected chi connectivity index (χ0v) is 15.2. The summed E-state index contributed by atoms with van der Waals surface area (Å²) in [5, 5.41) is 11.9. The van der Waals surface area contributed by atoms with Crippen molar-refractivity contribution in [1.82, 2.24) is 4.98 Å². The van der Waals surface area contributed by atoms with Gasteiger partial charge in [0, 0.05) is 10.9 Å². The molecule has 0 spiro atoms. The van der Waals surface area contributed by atoms with E-state index in [0.717, 1.165) is 9.35 Å². The van der Waals surface area contributed by atoms with E-state index in [1.165, 1.54) is 11.3 Å². The van der Waals surface area contributed by atoms with Crippen molar-refractivity contribution in [1.29, 1.82) is 0 Å². The molecule has 4 aromatic rings. The van der Waals surface area contributed by atoms with Gasteiger partial charge in [-0.2, -0.15) is 0 Å². The number of nitrogens with one attached hydrogen (secondary N) is 1. The summed E-state index contributed by atoms with van der Waals surface area (Å²) in [4.78, 5) is 28.2. The normalized spacial score (nSPS) is 11.4. The lowest BCUT2D eigenvalue weighted by molar-refractivity contribution is -0.136. The lowest BCUT2D eigenvalue weighted by Crippen LogP contribution is -2.02. The number of aryl methyl sites for hydroxylation is 1. The number of hydrogen-bond acceptors (Lipinski definition) is 4. The summed E-state index contributed by atoms with van der Waals surface area (Å²) in [6.07, 6.45) is 0.226. The van der Waals surface area contributed by atoms with Crippen LogP contribution in [0.25, 0.3) is 32.5 Å². The van der Waals surface area contributed by atoms with Crippen molar-refractivity contribution in [2.24, 2.45) is 0 Å². The van der Waals surface area contributed by atoms with Crippen molar-refractivity contribution >= 4 is 55.2 Å². The number of thiophene rings is 1. The van der Waals surface area contributed by atoms with Gasteiger partial charge < -0.3 is 14.5 Å². The monoisotopic (exact) mass is 417 g/mol. The van der Waals surface area contributed by atoms with Crippen molar-refractivity contribution in [3.8, 4) is 10.6 Å². The Bertz CT molecular complexity index is 1160. The molecule has 25 heavy (non-hydrogen) atoms. The van der Waals surface area contributed by atoms with E-state index in [4.69, 9.17) is 9.52 Å². The number of H-pyrrole nitrogens is 1. The maximum absolute atomic E-state index is 13.1. The summed E-state index contributed by atoms with van der Waals surface area (Å²) in [7, 11) is 0. The molecule has 0 saturated carbocycles. The quantitative estimate of drug-likeness (QED) is 0.500. The van der Waals surface area contributed by atoms with E-state index in [-0.39, 0.29) is 18.3 Å². The number of fused-ring (bicyclic) bond motifs is 2. The van der Waals surface area contributed by atoms with Crippen LogP contribution in [0.1, 0.15) is 12.1 Å². The van der Waals surface area contributed by atoms with Gasteiger partial charge in [-0.05, 0) is 29.6 Å². The van der Waals surface area contributed by atoms with E-state index in [0.29, 0.717) is 33.3 Å². The molecular formula is C18H12BrNO4S. The molecule has 126 valence electrons. The zero-order valence-electron chi connectivity index (χ0n) is 12.8. The number of rotatable bonds is 4. The first-order chi connectivity index (χ1) is 12.0. The summed E-state index contributed by atoms with van der Waals surface area (Å²) in [5.74, 6) is -0.896. The van der Waals surface area contributed by atoms with Gasteiger partial charge in [-0.25, -0.2) is 0 Å². The zero-order chi connectivity index (χ0) is 17.6. The molecule has 0 aliphatic heterocycles. The molecule has 0 saturated heterocycles. The number of aromatic nitrogens is 1. The summed E-state index contributed by atoms with van der Waals surface area (Å²) < 4.78 is 6.78. The number of halogens is 1. The van der Waals surface area contributed by atoms with E-state index in [9.17, 15) is 9.59 Å². The van der Waals surface area contributed by atoms with Crippen molar-refractivity contribution in [3.05, 3.63) is 56.1 Å². The van der Waals surface area contributed by atoms with Gasteiger partial charge in [0.15, 0.2) is 5.58 Å². The Morgan fingerprint density at radius 3 is 2.88 bits per heavy atom. The van der Waals surface area contributed by atoms with Gasteiger partial charge in [0.1, 0.15) is 5.58 Å². The Morgan fingerprint density at radius 1 is 1.32 bits per heavy atom. The van der Waals surface area contributed by atoms with Crippen LogP contribution in [-0.4, -0.2) is 16.1 Å².